The zero-order valence-electron chi connectivity index (χ0n) is 12.3. The van der Waals surface area contributed by atoms with Gasteiger partial charge in [0.2, 0.25) is 0 Å². The van der Waals surface area contributed by atoms with Crippen molar-refractivity contribution < 1.29 is 26.3 Å². The second-order valence-electron chi connectivity index (χ2n) is 5.10. The van der Waals surface area contributed by atoms with E-state index in [1.54, 1.807) is 0 Å². The number of rotatable bonds is 4. The highest BCUT2D eigenvalue weighted by Gasteiger charge is 2.31. The Balaban J connectivity index is 1.76. The van der Waals surface area contributed by atoms with Crippen LogP contribution in [-0.2, 0) is 27.7 Å². The first-order valence-corrected chi connectivity index (χ1v) is 8.45. The zero-order valence-corrected chi connectivity index (χ0v) is 13.1. The molecule has 0 unspecified atom stereocenters. The standard InChI is InChI=1S/C12H14F3N5O3S/c13-12(14,15)9-1-2-20-10(7-9)17-18-11(20)8-16-24(21,22)19-3-5-23-6-4-19/h1-2,7,16H,3-6,8H2. The summed E-state index contributed by atoms with van der Waals surface area (Å²) < 4.78 is 72.3. The predicted octanol–water partition coefficient (Wildman–Crippen LogP) is 0.415. The van der Waals surface area contributed by atoms with Gasteiger partial charge in [-0.15, -0.1) is 10.2 Å². The number of nitrogens with one attached hydrogen (secondary N) is 1. The molecule has 1 saturated heterocycles. The van der Waals surface area contributed by atoms with Crippen molar-refractivity contribution in [2.75, 3.05) is 26.3 Å². The summed E-state index contributed by atoms with van der Waals surface area (Å²) in [5.74, 6) is 0.190. The van der Waals surface area contributed by atoms with Crippen LogP contribution in [0.5, 0.6) is 0 Å². The number of ether oxygens (including phenoxy) is 1. The van der Waals surface area contributed by atoms with Crippen LogP contribution in [0.3, 0.4) is 0 Å². The Hall–Kier alpha value is -1.76. The molecule has 0 atom stereocenters. The summed E-state index contributed by atoms with van der Waals surface area (Å²) in [5.41, 5.74) is -0.853. The van der Waals surface area contributed by atoms with E-state index in [4.69, 9.17) is 4.74 Å². The molecule has 8 nitrogen and oxygen atoms in total. The number of hydrogen-bond acceptors (Lipinski definition) is 5. The maximum Gasteiger partial charge on any atom is 0.416 e. The van der Waals surface area contributed by atoms with Gasteiger partial charge in [-0.3, -0.25) is 4.40 Å². The molecule has 3 heterocycles. The van der Waals surface area contributed by atoms with Crippen molar-refractivity contribution in [3.8, 4) is 0 Å². The highest BCUT2D eigenvalue weighted by Crippen LogP contribution is 2.29. The van der Waals surface area contributed by atoms with Crippen LogP contribution in [0, 0.1) is 0 Å². The topological polar surface area (TPSA) is 88.8 Å². The van der Waals surface area contributed by atoms with Crippen molar-refractivity contribution >= 4 is 15.9 Å². The predicted molar refractivity (Wildman–Crippen MR) is 76.1 cm³/mol. The number of morpholine rings is 1. The van der Waals surface area contributed by atoms with Gasteiger partial charge in [-0.25, -0.2) is 0 Å². The molecule has 12 heteroatoms. The summed E-state index contributed by atoms with van der Waals surface area (Å²) in [7, 11) is -3.72. The van der Waals surface area contributed by atoms with E-state index < -0.39 is 21.9 Å². The number of pyridine rings is 1. The molecule has 0 spiro atoms. The number of aromatic nitrogens is 3. The van der Waals surface area contributed by atoms with E-state index >= 15 is 0 Å². The van der Waals surface area contributed by atoms with Gasteiger partial charge in [0, 0.05) is 19.3 Å². The van der Waals surface area contributed by atoms with E-state index in [1.165, 1.54) is 8.71 Å². The lowest BCUT2D eigenvalue weighted by molar-refractivity contribution is -0.137. The lowest BCUT2D eigenvalue weighted by atomic mass is 10.2. The molecule has 0 amide bonds. The van der Waals surface area contributed by atoms with Gasteiger partial charge in [-0.05, 0) is 12.1 Å². The number of alkyl halides is 3. The molecule has 0 aromatic carbocycles. The van der Waals surface area contributed by atoms with Gasteiger partial charge < -0.3 is 4.74 Å². The third-order valence-corrected chi connectivity index (χ3v) is 5.08. The van der Waals surface area contributed by atoms with Gasteiger partial charge in [0.05, 0.1) is 25.3 Å². The van der Waals surface area contributed by atoms with E-state index in [2.05, 4.69) is 14.9 Å². The van der Waals surface area contributed by atoms with Crippen molar-refractivity contribution in [3.63, 3.8) is 0 Å². The highest BCUT2D eigenvalue weighted by molar-refractivity contribution is 7.87. The molecule has 0 saturated carbocycles. The molecule has 1 fully saturated rings. The number of halogens is 3. The van der Waals surface area contributed by atoms with Crippen molar-refractivity contribution in [1.29, 1.82) is 0 Å². The van der Waals surface area contributed by atoms with E-state index in [0.29, 0.717) is 13.2 Å². The molecule has 132 valence electrons. The summed E-state index contributed by atoms with van der Waals surface area (Å²) in [6, 6.07) is 1.74. The van der Waals surface area contributed by atoms with Gasteiger partial charge >= 0.3 is 6.18 Å². The maximum atomic E-state index is 12.7. The first kappa shape index (κ1) is 17.1. The van der Waals surface area contributed by atoms with E-state index in [-0.39, 0.29) is 31.1 Å². The Morgan fingerprint density at radius 1 is 1.25 bits per heavy atom. The van der Waals surface area contributed by atoms with Crippen LogP contribution in [0.1, 0.15) is 11.4 Å². The van der Waals surface area contributed by atoms with Crippen LogP contribution >= 0.6 is 0 Å². The van der Waals surface area contributed by atoms with Crippen LogP contribution in [0.2, 0.25) is 0 Å². The summed E-state index contributed by atoms with van der Waals surface area (Å²) in [5, 5.41) is 7.39. The first-order chi connectivity index (χ1) is 11.3. The Kier molecular flexibility index (Phi) is 4.46. The molecule has 2 aromatic heterocycles. The Morgan fingerprint density at radius 2 is 1.96 bits per heavy atom. The Morgan fingerprint density at radius 3 is 2.62 bits per heavy atom. The average molecular weight is 365 g/mol. The summed E-state index contributed by atoms with van der Waals surface area (Å²) in [4.78, 5) is 0. The van der Waals surface area contributed by atoms with Crippen molar-refractivity contribution in [2.45, 2.75) is 12.7 Å². The van der Waals surface area contributed by atoms with Crippen LogP contribution in [0.4, 0.5) is 13.2 Å². The number of fused-ring (bicyclic) bond motifs is 1. The van der Waals surface area contributed by atoms with Gasteiger partial charge in [0.1, 0.15) is 0 Å². The molecule has 24 heavy (non-hydrogen) atoms. The molecular weight excluding hydrogens is 351 g/mol. The fraction of sp³-hybridized carbons (Fsp3) is 0.500. The van der Waals surface area contributed by atoms with Crippen LogP contribution < -0.4 is 4.72 Å². The van der Waals surface area contributed by atoms with Crippen LogP contribution in [-0.4, -0.2) is 53.6 Å². The smallest absolute Gasteiger partial charge is 0.379 e. The van der Waals surface area contributed by atoms with Gasteiger partial charge in [-0.1, -0.05) is 0 Å². The minimum atomic E-state index is -4.48. The second-order valence-corrected chi connectivity index (χ2v) is 6.85. The van der Waals surface area contributed by atoms with Crippen LogP contribution in [0.25, 0.3) is 5.65 Å². The zero-order chi connectivity index (χ0) is 17.4. The fourth-order valence-corrected chi connectivity index (χ4v) is 3.40. The molecule has 0 radical (unpaired) electrons. The van der Waals surface area contributed by atoms with Gasteiger partial charge in [-0.2, -0.15) is 30.6 Å². The summed E-state index contributed by atoms with van der Waals surface area (Å²) >= 11 is 0. The first-order valence-electron chi connectivity index (χ1n) is 7.01. The lowest BCUT2D eigenvalue weighted by Crippen LogP contribution is -2.46. The normalized spacial score (nSPS) is 17.5. The maximum absolute atomic E-state index is 12.7. The van der Waals surface area contributed by atoms with E-state index in [0.717, 1.165) is 18.3 Å². The number of hydrogen-bond donors (Lipinski definition) is 1. The summed E-state index contributed by atoms with van der Waals surface area (Å²) in [6.07, 6.45) is -3.32. The molecule has 2 aromatic rings. The van der Waals surface area contributed by atoms with Crippen molar-refractivity contribution in [3.05, 3.63) is 29.7 Å². The number of nitrogens with zero attached hydrogens (tertiary/aromatic N) is 4. The monoisotopic (exact) mass is 365 g/mol. The van der Waals surface area contributed by atoms with Gasteiger partial charge in [0.25, 0.3) is 10.2 Å². The average Bonchev–Trinajstić information content (AvgIpc) is 2.95. The fourth-order valence-electron chi connectivity index (χ4n) is 2.27. The molecular formula is C12H14F3N5O3S. The van der Waals surface area contributed by atoms with E-state index in [9.17, 15) is 21.6 Å². The minimum absolute atomic E-state index is 0.00889. The molecule has 0 bridgehead atoms. The SMILES string of the molecule is O=S(=O)(NCc1nnc2cc(C(F)(F)F)ccn12)N1CCOCC1. The molecule has 3 rings (SSSR count). The van der Waals surface area contributed by atoms with Crippen LogP contribution in [0.15, 0.2) is 18.3 Å². The third kappa shape index (κ3) is 3.50. The van der Waals surface area contributed by atoms with Crippen molar-refractivity contribution in [2.24, 2.45) is 0 Å². The third-order valence-electron chi connectivity index (χ3n) is 3.53. The summed E-state index contributed by atoms with van der Waals surface area (Å²) in [6.45, 7) is 0.923. The second kappa shape index (κ2) is 6.27. The van der Waals surface area contributed by atoms with Gasteiger partial charge in [0.15, 0.2) is 11.5 Å². The molecule has 1 N–H and O–H groups in total. The van der Waals surface area contributed by atoms with E-state index in [1.807, 2.05) is 0 Å². The quantitative estimate of drug-likeness (QED) is 0.848. The molecule has 0 aliphatic carbocycles. The molecule has 1 aliphatic rings. The molecule has 1 aliphatic heterocycles. The minimum Gasteiger partial charge on any atom is -0.379 e. The Bertz CT molecular complexity index is 830. The highest BCUT2D eigenvalue weighted by atomic mass is 32.2. The largest absolute Gasteiger partial charge is 0.416 e. The Labute approximate surface area is 135 Å². The van der Waals surface area contributed by atoms with Crippen molar-refractivity contribution in [1.82, 2.24) is 23.6 Å². The lowest BCUT2D eigenvalue weighted by Gasteiger charge is -2.25.